The molecule has 1 N–H and O–H groups in total. The molecule has 0 spiro atoms. The third-order valence-electron chi connectivity index (χ3n) is 6.76. The van der Waals surface area contributed by atoms with Crippen molar-refractivity contribution in [2.75, 3.05) is 31.6 Å². The van der Waals surface area contributed by atoms with E-state index >= 15 is 0 Å². The highest BCUT2D eigenvalue weighted by Crippen LogP contribution is 2.31. The first-order chi connectivity index (χ1) is 20.2. The minimum atomic E-state index is -4.76. The van der Waals surface area contributed by atoms with Gasteiger partial charge in [0.1, 0.15) is 23.9 Å². The molecule has 0 aliphatic carbocycles. The molecule has 2 amide bonds. The first kappa shape index (κ1) is 28.5. The number of amides is 2. The maximum absolute atomic E-state index is 13.9. The van der Waals surface area contributed by atoms with Crippen LogP contribution in [0.1, 0.15) is 16.8 Å². The molecule has 3 aromatic heterocycles. The highest BCUT2D eigenvalue weighted by Gasteiger charge is 2.38. The number of carbonyl (C=O) groups is 2. The first-order valence-corrected chi connectivity index (χ1v) is 13.0. The van der Waals surface area contributed by atoms with E-state index in [-0.39, 0.29) is 50.3 Å². The summed E-state index contributed by atoms with van der Waals surface area (Å²) in [6, 6.07) is 10.4. The third kappa shape index (κ3) is 6.65. The van der Waals surface area contributed by atoms with Crippen LogP contribution in [0.15, 0.2) is 73.6 Å². The number of halogens is 3. The van der Waals surface area contributed by atoms with Gasteiger partial charge in [-0.3, -0.25) is 19.1 Å². The van der Waals surface area contributed by atoms with E-state index in [1.807, 2.05) is 0 Å². The number of carbonyl (C=O) groups excluding carboxylic acids is 2. The van der Waals surface area contributed by atoms with Gasteiger partial charge < -0.3 is 19.9 Å². The van der Waals surface area contributed by atoms with Crippen molar-refractivity contribution in [3.63, 3.8) is 0 Å². The van der Waals surface area contributed by atoms with Crippen molar-refractivity contribution in [1.82, 2.24) is 34.7 Å². The first-order valence-electron chi connectivity index (χ1n) is 13.0. The summed E-state index contributed by atoms with van der Waals surface area (Å²) in [5.41, 5.74) is 0.338. The second-order valence-electron chi connectivity index (χ2n) is 9.53. The molecule has 1 saturated heterocycles. The fourth-order valence-electron chi connectivity index (χ4n) is 4.55. The number of nitrogens with zero attached hydrogens (tertiary/aromatic N) is 7. The monoisotopic (exact) mass is 580 g/mol. The van der Waals surface area contributed by atoms with E-state index < -0.39 is 23.8 Å². The topological polar surface area (TPSA) is 118 Å². The van der Waals surface area contributed by atoms with Gasteiger partial charge in [0.25, 0.3) is 0 Å². The van der Waals surface area contributed by atoms with Gasteiger partial charge in [-0.15, -0.1) is 0 Å². The number of piperazine rings is 1. The van der Waals surface area contributed by atoms with Crippen LogP contribution >= 0.6 is 0 Å². The zero-order chi connectivity index (χ0) is 29.7. The van der Waals surface area contributed by atoms with Crippen LogP contribution in [-0.2, 0) is 28.7 Å². The Balaban J connectivity index is 1.43. The molecule has 1 aliphatic rings. The largest absolute Gasteiger partial charge is 0.497 e. The number of rotatable bonds is 8. The van der Waals surface area contributed by atoms with E-state index in [4.69, 9.17) is 4.74 Å². The number of alkyl halides is 3. The lowest BCUT2D eigenvalue weighted by molar-refractivity contribution is -0.141. The number of aromatic nitrogens is 5. The van der Waals surface area contributed by atoms with E-state index in [1.165, 1.54) is 33.1 Å². The van der Waals surface area contributed by atoms with Gasteiger partial charge in [0.05, 0.1) is 20.1 Å². The molecule has 1 aliphatic heterocycles. The number of nitrogens with one attached hydrogen (secondary N) is 1. The zero-order valence-corrected chi connectivity index (χ0v) is 22.5. The van der Waals surface area contributed by atoms with Crippen molar-refractivity contribution in [2.24, 2.45) is 0 Å². The second kappa shape index (κ2) is 12.2. The average molecular weight is 581 g/mol. The Morgan fingerprint density at radius 1 is 1.05 bits per heavy atom. The van der Waals surface area contributed by atoms with Crippen LogP contribution in [0.5, 0.6) is 5.75 Å². The zero-order valence-electron chi connectivity index (χ0n) is 22.5. The standard InChI is InChI=1S/C28H27F3N8O3/c1-42-21-6-4-19(5-7-21)13-25(40)37-11-12-39(22(17-37)26(41)34-16-20-3-2-8-32-15-20)24-14-23(28(29,30)31)35-27(36-24)38-10-9-33-18-38/h2-10,14-15,18,22H,11-13,16-17H2,1H3,(H,34,41). The Labute approximate surface area is 239 Å². The van der Waals surface area contributed by atoms with Gasteiger partial charge in [0, 0.05) is 50.5 Å². The van der Waals surface area contributed by atoms with Crippen molar-refractivity contribution >= 4 is 17.6 Å². The Kier molecular flexibility index (Phi) is 8.31. The molecular formula is C28H27F3N8O3. The number of ether oxygens (including phenoxy) is 1. The van der Waals surface area contributed by atoms with Crippen LogP contribution in [0, 0.1) is 0 Å². The molecule has 1 unspecified atom stereocenters. The predicted molar refractivity (Wildman–Crippen MR) is 145 cm³/mol. The summed E-state index contributed by atoms with van der Waals surface area (Å²) in [5, 5.41) is 2.82. The summed E-state index contributed by atoms with van der Waals surface area (Å²) < 4.78 is 48.0. The van der Waals surface area contributed by atoms with Gasteiger partial charge >= 0.3 is 6.18 Å². The van der Waals surface area contributed by atoms with Crippen LogP contribution in [-0.4, -0.2) is 74.0 Å². The Morgan fingerprint density at radius 2 is 1.86 bits per heavy atom. The van der Waals surface area contributed by atoms with Crippen LogP contribution in [0.25, 0.3) is 5.95 Å². The van der Waals surface area contributed by atoms with Gasteiger partial charge in [-0.05, 0) is 29.3 Å². The molecule has 42 heavy (non-hydrogen) atoms. The number of benzene rings is 1. The SMILES string of the molecule is COc1ccc(CC(=O)N2CCN(c3cc(C(F)(F)F)nc(-n4ccnc4)n3)C(C(=O)NCc3cccnc3)C2)cc1. The minimum absolute atomic E-state index is 0.0559. The molecule has 0 saturated carbocycles. The lowest BCUT2D eigenvalue weighted by Gasteiger charge is -2.41. The normalized spacial score (nSPS) is 15.4. The molecule has 0 radical (unpaired) electrons. The van der Waals surface area contributed by atoms with Crippen LogP contribution in [0.2, 0.25) is 0 Å². The third-order valence-corrected chi connectivity index (χ3v) is 6.76. The molecular weight excluding hydrogens is 553 g/mol. The molecule has 1 atom stereocenters. The molecule has 218 valence electrons. The quantitative estimate of drug-likeness (QED) is 0.338. The van der Waals surface area contributed by atoms with Gasteiger partial charge in [0.2, 0.25) is 17.8 Å². The number of hydrogen-bond donors (Lipinski definition) is 1. The summed E-state index contributed by atoms with van der Waals surface area (Å²) >= 11 is 0. The van der Waals surface area contributed by atoms with E-state index in [9.17, 15) is 22.8 Å². The summed E-state index contributed by atoms with van der Waals surface area (Å²) in [6.07, 6.45) is 2.63. The molecule has 5 rings (SSSR count). The Morgan fingerprint density at radius 3 is 2.52 bits per heavy atom. The molecule has 1 aromatic carbocycles. The highest BCUT2D eigenvalue weighted by atomic mass is 19.4. The summed E-state index contributed by atoms with van der Waals surface area (Å²) in [6.45, 7) is 0.332. The smallest absolute Gasteiger partial charge is 0.433 e. The van der Waals surface area contributed by atoms with Gasteiger partial charge in [-0.25, -0.2) is 9.97 Å². The number of hydrogen-bond acceptors (Lipinski definition) is 8. The average Bonchev–Trinajstić information content (AvgIpc) is 3.55. The molecule has 1 fully saturated rings. The fraction of sp³-hybridized carbons (Fsp3) is 0.286. The van der Waals surface area contributed by atoms with Crippen molar-refractivity contribution in [3.05, 3.63) is 90.4 Å². The molecule has 4 heterocycles. The molecule has 11 nitrogen and oxygen atoms in total. The van der Waals surface area contributed by atoms with E-state index in [0.29, 0.717) is 5.75 Å². The maximum Gasteiger partial charge on any atom is 0.433 e. The van der Waals surface area contributed by atoms with E-state index in [1.54, 1.807) is 55.9 Å². The summed E-state index contributed by atoms with van der Waals surface area (Å²) in [7, 11) is 1.55. The number of imidazole rings is 1. The van der Waals surface area contributed by atoms with Crippen molar-refractivity contribution in [3.8, 4) is 11.7 Å². The number of pyridine rings is 1. The van der Waals surface area contributed by atoms with Gasteiger partial charge in [-0.1, -0.05) is 18.2 Å². The van der Waals surface area contributed by atoms with Crippen molar-refractivity contribution < 1.29 is 27.5 Å². The van der Waals surface area contributed by atoms with Gasteiger partial charge in [0.15, 0.2) is 5.69 Å². The number of methoxy groups -OCH3 is 1. The minimum Gasteiger partial charge on any atom is -0.497 e. The lowest BCUT2D eigenvalue weighted by Crippen LogP contribution is -2.60. The second-order valence-corrected chi connectivity index (χ2v) is 9.53. The summed E-state index contributed by atoms with van der Waals surface area (Å²) in [4.78, 5) is 45.7. The molecule has 4 aromatic rings. The summed E-state index contributed by atoms with van der Waals surface area (Å²) in [5.74, 6) is -0.377. The molecule has 14 heteroatoms. The van der Waals surface area contributed by atoms with Crippen molar-refractivity contribution in [2.45, 2.75) is 25.2 Å². The van der Waals surface area contributed by atoms with Crippen LogP contribution in [0.4, 0.5) is 19.0 Å². The molecule has 0 bridgehead atoms. The van der Waals surface area contributed by atoms with E-state index in [0.717, 1.165) is 17.2 Å². The Hall–Kier alpha value is -5.01. The van der Waals surface area contributed by atoms with Crippen LogP contribution < -0.4 is 15.0 Å². The fourth-order valence-corrected chi connectivity index (χ4v) is 4.55. The maximum atomic E-state index is 13.9. The van der Waals surface area contributed by atoms with Crippen LogP contribution in [0.3, 0.4) is 0 Å². The highest BCUT2D eigenvalue weighted by molar-refractivity contribution is 5.87. The predicted octanol–water partition coefficient (Wildman–Crippen LogP) is 2.66. The van der Waals surface area contributed by atoms with Gasteiger partial charge in [-0.2, -0.15) is 18.2 Å². The Bertz CT molecular complexity index is 1520. The van der Waals surface area contributed by atoms with Crippen molar-refractivity contribution in [1.29, 1.82) is 0 Å². The number of anilines is 1. The lowest BCUT2D eigenvalue weighted by atomic mass is 10.1. The van der Waals surface area contributed by atoms with E-state index in [2.05, 4.69) is 25.3 Å².